The van der Waals surface area contributed by atoms with Crippen LogP contribution in [0.25, 0.3) is 0 Å². The molecule has 1 N–H and O–H groups in total. The van der Waals surface area contributed by atoms with Gasteiger partial charge < -0.3 is 10.1 Å². The number of nitrogens with one attached hydrogen (secondary N) is 1. The zero-order chi connectivity index (χ0) is 31.2. The quantitative estimate of drug-likeness (QED) is 0.363. The molecule has 3 unspecified atom stereocenters. The molecule has 0 aromatic carbocycles. The molecule has 4 fully saturated rings. The van der Waals surface area contributed by atoms with Crippen LogP contribution in [0.5, 0.6) is 0 Å². The predicted molar refractivity (Wildman–Crippen MR) is 168 cm³/mol. The fourth-order valence-electron chi connectivity index (χ4n) is 11.5. The second-order valence-electron chi connectivity index (χ2n) is 16.9. The molecule has 0 radical (unpaired) electrons. The van der Waals surface area contributed by atoms with E-state index in [-0.39, 0.29) is 56.9 Å². The topological polar surface area (TPSA) is 85.4 Å². The number of rotatable bonds is 3. The molecular formula is C37H52N2O4. The van der Waals surface area contributed by atoms with Gasteiger partial charge in [-0.3, -0.25) is 19.4 Å². The van der Waals surface area contributed by atoms with E-state index in [0.29, 0.717) is 11.7 Å². The van der Waals surface area contributed by atoms with E-state index in [9.17, 15) is 14.4 Å². The second kappa shape index (κ2) is 9.75. The molecule has 1 aromatic rings. The van der Waals surface area contributed by atoms with Gasteiger partial charge in [-0.15, -0.1) is 0 Å². The molecule has 1 heterocycles. The predicted octanol–water partition coefficient (Wildman–Crippen LogP) is 7.93. The Hall–Kier alpha value is -2.50. The Morgan fingerprint density at radius 2 is 1.67 bits per heavy atom. The van der Waals surface area contributed by atoms with Gasteiger partial charge in [0.25, 0.3) is 0 Å². The van der Waals surface area contributed by atoms with Gasteiger partial charge >= 0.3 is 5.97 Å². The van der Waals surface area contributed by atoms with Gasteiger partial charge in [0.15, 0.2) is 5.78 Å². The molecule has 0 spiro atoms. The molecule has 4 saturated carbocycles. The Labute approximate surface area is 258 Å². The van der Waals surface area contributed by atoms with Crippen molar-refractivity contribution >= 4 is 23.3 Å². The average molecular weight is 589 g/mol. The number of allylic oxidation sites excluding steroid dienone is 2. The van der Waals surface area contributed by atoms with Crippen LogP contribution in [-0.2, 0) is 19.1 Å². The molecule has 0 bridgehead atoms. The lowest BCUT2D eigenvalue weighted by atomic mass is 9.33. The molecule has 0 aliphatic heterocycles. The third-order valence-corrected chi connectivity index (χ3v) is 14.3. The minimum absolute atomic E-state index is 0.0569. The zero-order valence-electron chi connectivity index (χ0n) is 27.6. The van der Waals surface area contributed by atoms with Gasteiger partial charge in [0.05, 0.1) is 11.9 Å². The number of nitrogens with zero attached hydrogens (tertiary/aromatic N) is 1. The third-order valence-electron chi connectivity index (χ3n) is 14.3. The first-order valence-electron chi connectivity index (χ1n) is 16.6. The van der Waals surface area contributed by atoms with Crippen molar-refractivity contribution in [2.45, 2.75) is 119 Å². The molecule has 0 saturated heterocycles. The van der Waals surface area contributed by atoms with E-state index in [0.717, 1.165) is 63.5 Å². The van der Waals surface area contributed by atoms with Crippen LogP contribution < -0.4 is 5.32 Å². The molecule has 1 aromatic heterocycles. The summed E-state index contributed by atoms with van der Waals surface area (Å²) in [5, 5.41) is 3.14. The SMILES string of the molecule is CC(=O)O[C@H]1CC[C@@]2(C)C(CC[C@]3(C)C2C(=O)C=C2C4C[C@@](C)(C(=O)Nc5cccnc5)CC[C@]4(C)CC[C@]23C)C1(C)C. The molecule has 1 amide bonds. The Kier molecular flexibility index (Phi) is 6.92. The molecule has 5 aliphatic rings. The summed E-state index contributed by atoms with van der Waals surface area (Å²) in [5.74, 6) is 0.588. The number of fused-ring (bicyclic) bond motifs is 7. The number of ketones is 1. The first-order chi connectivity index (χ1) is 20.0. The van der Waals surface area contributed by atoms with E-state index in [4.69, 9.17) is 4.74 Å². The van der Waals surface area contributed by atoms with Crippen LogP contribution in [0.15, 0.2) is 36.2 Å². The zero-order valence-corrected chi connectivity index (χ0v) is 27.6. The van der Waals surface area contributed by atoms with E-state index < -0.39 is 5.41 Å². The van der Waals surface area contributed by atoms with Crippen LogP contribution in [0.2, 0.25) is 0 Å². The molecule has 6 rings (SSSR count). The summed E-state index contributed by atoms with van der Waals surface area (Å²) in [4.78, 5) is 44.5. The molecule has 5 aliphatic carbocycles. The van der Waals surface area contributed by atoms with Crippen LogP contribution >= 0.6 is 0 Å². The monoisotopic (exact) mass is 588 g/mol. The average Bonchev–Trinajstić information content (AvgIpc) is 2.93. The van der Waals surface area contributed by atoms with Gasteiger partial charge in [-0.05, 0) is 109 Å². The van der Waals surface area contributed by atoms with Gasteiger partial charge in [0, 0.05) is 29.9 Å². The Morgan fingerprint density at radius 1 is 0.953 bits per heavy atom. The number of hydrogen-bond donors (Lipinski definition) is 1. The smallest absolute Gasteiger partial charge is 0.302 e. The first-order valence-corrected chi connectivity index (χ1v) is 16.6. The number of carbonyl (C=O) groups excluding carboxylic acids is 3. The largest absolute Gasteiger partial charge is 0.462 e. The third kappa shape index (κ3) is 4.31. The lowest BCUT2D eigenvalue weighted by Gasteiger charge is -2.70. The lowest BCUT2D eigenvalue weighted by molar-refractivity contribution is -0.210. The van der Waals surface area contributed by atoms with E-state index in [1.807, 2.05) is 12.1 Å². The van der Waals surface area contributed by atoms with E-state index in [1.54, 1.807) is 12.4 Å². The van der Waals surface area contributed by atoms with Crippen molar-refractivity contribution < 1.29 is 19.1 Å². The highest BCUT2D eigenvalue weighted by Crippen LogP contribution is 2.75. The maximum absolute atomic E-state index is 14.6. The van der Waals surface area contributed by atoms with Crippen molar-refractivity contribution in [1.29, 1.82) is 0 Å². The van der Waals surface area contributed by atoms with Gasteiger partial charge in [0.2, 0.25) is 5.91 Å². The van der Waals surface area contributed by atoms with Crippen LogP contribution in [0.1, 0.15) is 113 Å². The molecule has 6 heteroatoms. The van der Waals surface area contributed by atoms with Gasteiger partial charge in [-0.2, -0.15) is 0 Å². The van der Waals surface area contributed by atoms with Crippen molar-refractivity contribution in [3.63, 3.8) is 0 Å². The summed E-state index contributed by atoms with van der Waals surface area (Å²) in [6, 6.07) is 3.73. The number of anilines is 1. The number of pyridine rings is 1. The van der Waals surface area contributed by atoms with Crippen molar-refractivity contribution in [2.75, 3.05) is 5.32 Å². The van der Waals surface area contributed by atoms with Crippen LogP contribution in [-0.4, -0.2) is 28.7 Å². The number of amides is 1. The number of esters is 1. The molecule has 234 valence electrons. The Bertz CT molecular complexity index is 1370. The fourth-order valence-corrected chi connectivity index (χ4v) is 11.5. The summed E-state index contributed by atoms with van der Waals surface area (Å²) in [7, 11) is 0. The van der Waals surface area contributed by atoms with Crippen molar-refractivity contribution in [3.05, 3.63) is 36.2 Å². The summed E-state index contributed by atoms with van der Waals surface area (Å²) in [6.45, 7) is 17.8. The van der Waals surface area contributed by atoms with Crippen LogP contribution in [0.4, 0.5) is 5.69 Å². The highest BCUT2D eigenvalue weighted by Gasteiger charge is 2.70. The molecular weight excluding hydrogens is 536 g/mol. The first kappa shape index (κ1) is 30.5. The second-order valence-corrected chi connectivity index (χ2v) is 16.9. The summed E-state index contributed by atoms with van der Waals surface area (Å²) in [5.41, 5.74) is 1.03. The van der Waals surface area contributed by atoms with Crippen molar-refractivity contribution in [2.24, 2.45) is 50.2 Å². The van der Waals surface area contributed by atoms with E-state index >= 15 is 0 Å². The minimum Gasteiger partial charge on any atom is -0.462 e. The van der Waals surface area contributed by atoms with Gasteiger partial charge in [-0.25, -0.2) is 0 Å². The number of aromatic nitrogens is 1. The van der Waals surface area contributed by atoms with Crippen LogP contribution in [0.3, 0.4) is 0 Å². The Balaban J connectivity index is 1.36. The Morgan fingerprint density at radius 3 is 2.35 bits per heavy atom. The summed E-state index contributed by atoms with van der Waals surface area (Å²) < 4.78 is 5.87. The summed E-state index contributed by atoms with van der Waals surface area (Å²) in [6.07, 6.45) is 13.9. The number of hydrogen-bond acceptors (Lipinski definition) is 5. The summed E-state index contributed by atoms with van der Waals surface area (Å²) >= 11 is 0. The standard InChI is InChI=1S/C37H52N2O4/c1-23(40)43-29-12-13-35(6)28(32(29,2)3)11-14-37(8)30(35)27(41)20-25-26-21-34(5,31(42)39-24-10-9-19-38-22-24)16-15-33(26,4)17-18-36(25,37)7/h9-10,19-20,22,26,28-30H,11-18,21H2,1-8H3,(H,39,42)/t26?,28?,29-,30?,33+,34-,35-,36+,37+/m0/s1. The van der Waals surface area contributed by atoms with Gasteiger partial charge in [0.1, 0.15) is 6.10 Å². The fraction of sp³-hybridized carbons (Fsp3) is 0.730. The minimum atomic E-state index is -0.511. The molecule has 43 heavy (non-hydrogen) atoms. The lowest BCUT2D eigenvalue weighted by Crippen LogP contribution is -2.66. The highest BCUT2D eigenvalue weighted by molar-refractivity contribution is 5.96. The van der Waals surface area contributed by atoms with Crippen molar-refractivity contribution in [1.82, 2.24) is 4.98 Å². The number of carbonyl (C=O) groups is 3. The molecule has 6 nitrogen and oxygen atoms in total. The highest BCUT2D eigenvalue weighted by atomic mass is 16.5. The van der Waals surface area contributed by atoms with Crippen molar-refractivity contribution in [3.8, 4) is 0 Å². The number of ether oxygens (including phenoxy) is 1. The van der Waals surface area contributed by atoms with E-state index in [1.165, 1.54) is 12.5 Å². The van der Waals surface area contributed by atoms with Crippen LogP contribution in [0, 0.1) is 50.2 Å². The molecule has 9 atom stereocenters. The maximum Gasteiger partial charge on any atom is 0.302 e. The van der Waals surface area contributed by atoms with E-state index in [2.05, 4.69) is 64.8 Å². The van der Waals surface area contributed by atoms with Gasteiger partial charge in [-0.1, -0.05) is 54.0 Å². The normalized spacial score (nSPS) is 44.9. The maximum atomic E-state index is 14.6.